The van der Waals surface area contributed by atoms with Gasteiger partial charge in [0.15, 0.2) is 17.5 Å². The largest absolute Gasteiger partial charge is 0.348 e. The number of nitrogens with one attached hydrogen (secondary N) is 1. The molecule has 1 atom stereocenters. The van der Waals surface area contributed by atoms with E-state index in [1.807, 2.05) is 0 Å². The Balaban J connectivity index is 2.87. The van der Waals surface area contributed by atoms with E-state index in [1.54, 1.807) is 0 Å². The molecule has 1 rings (SSSR count). The monoisotopic (exact) mass is 169 g/mol. The highest BCUT2D eigenvalue weighted by Crippen LogP contribution is 2.07. The third-order valence-corrected chi connectivity index (χ3v) is 1.63. The number of Topliss-reactive ketones (excluding diaryl/α,β-unsaturated/α-hetero) is 3. The molecule has 1 amide bonds. The van der Waals surface area contributed by atoms with Gasteiger partial charge in [-0.1, -0.05) is 0 Å². The van der Waals surface area contributed by atoms with Gasteiger partial charge in [-0.3, -0.25) is 19.2 Å². The molecule has 1 unspecified atom stereocenters. The molecule has 1 N–H and O–H groups in total. The number of ketones is 3. The van der Waals surface area contributed by atoms with E-state index in [-0.39, 0.29) is 6.54 Å². The highest BCUT2D eigenvalue weighted by molar-refractivity contribution is 6.46. The van der Waals surface area contributed by atoms with Gasteiger partial charge in [-0.25, -0.2) is 0 Å². The van der Waals surface area contributed by atoms with Crippen molar-refractivity contribution < 1.29 is 19.2 Å². The van der Waals surface area contributed by atoms with Crippen molar-refractivity contribution >= 4 is 23.3 Å². The third-order valence-electron chi connectivity index (χ3n) is 1.63. The summed E-state index contributed by atoms with van der Waals surface area (Å²) >= 11 is 0. The van der Waals surface area contributed by atoms with Gasteiger partial charge in [-0.15, -0.1) is 0 Å². The van der Waals surface area contributed by atoms with E-state index >= 15 is 0 Å². The molecule has 0 aromatic rings. The Kier molecular flexibility index (Phi) is 2.03. The van der Waals surface area contributed by atoms with Crippen LogP contribution < -0.4 is 5.32 Å². The van der Waals surface area contributed by atoms with Crippen molar-refractivity contribution in [2.45, 2.75) is 6.92 Å². The van der Waals surface area contributed by atoms with Gasteiger partial charge in [0.1, 0.15) is 0 Å². The Labute approximate surface area is 68.1 Å². The molecule has 1 aliphatic heterocycles. The van der Waals surface area contributed by atoms with Crippen molar-refractivity contribution in [3.63, 3.8) is 0 Å². The van der Waals surface area contributed by atoms with Gasteiger partial charge < -0.3 is 5.32 Å². The molecule has 0 radical (unpaired) electrons. The summed E-state index contributed by atoms with van der Waals surface area (Å²) < 4.78 is 0. The molecule has 0 aromatic carbocycles. The van der Waals surface area contributed by atoms with Crippen molar-refractivity contribution in [3.05, 3.63) is 0 Å². The molecule has 1 fully saturated rings. The predicted octanol–water partition coefficient (Wildman–Crippen LogP) is -1.54. The van der Waals surface area contributed by atoms with Crippen LogP contribution in [0.5, 0.6) is 0 Å². The Morgan fingerprint density at radius 1 is 1.42 bits per heavy atom. The fourth-order valence-corrected chi connectivity index (χ4v) is 0.993. The van der Waals surface area contributed by atoms with Crippen molar-refractivity contribution in [1.82, 2.24) is 5.32 Å². The van der Waals surface area contributed by atoms with Gasteiger partial charge in [0, 0.05) is 6.92 Å². The lowest BCUT2D eigenvalue weighted by molar-refractivity contribution is -0.143. The van der Waals surface area contributed by atoms with E-state index < -0.39 is 29.2 Å². The van der Waals surface area contributed by atoms with Crippen molar-refractivity contribution in [1.29, 1.82) is 0 Å². The van der Waals surface area contributed by atoms with Crippen LogP contribution >= 0.6 is 0 Å². The van der Waals surface area contributed by atoms with Gasteiger partial charge >= 0.3 is 0 Å². The molecule has 0 bridgehead atoms. The third kappa shape index (κ3) is 1.25. The fraction of sp³-hybridized carbons (Fsp3) is 0.429. The molecule has 0 aromatic heterocycles. The fourth-order valence-electron chi connectivity index (χ4n) is 0.993. The van der Waals surface area contributed by atoms with E-state index in [4.69, 9.17) is 0 Å². The van der Waals surface area contributed by atoms with Crippen LogP contribution in [-0.4, -0.2) is 29.8 Å². The van der Waals surface area contributed by atoms with Gasteiger partial charge in [0.2, 0.25) is 11.7 Å². The first-order valence-corrected chi connectivity index (χ1v) is 3.39. The zero-order valence-corrected chi connectivity index (χ0v) is 6.42. The second-order valence-corrected chi connectivity index (χ2v) is 2.54. The Bertz CT molecular complexity index is 265. The second kappa shape index (κ2) is 2.84. The van der Waals surface area contributed by atoms with Crippen LogP contribution in [0.3, 0.4) is 0 Å². The normalized spacial score (nSPS) is 22.2. The molecular formula is C7H7NO4. The molecule has 12 heavy (non-hydrogen) atoms. The van der Waals surface area contributed by atoms with E-state index in [2.05, 4.69) is 5.32 Å². The van der Waals surface area contributed by atoms with Crippen LogP contribution in [0, 0.1) is 5.92 Å². The van der Waals surface area contributed by atoms with Crippen LogP contribution in [0.15, 0.2) is 0 Å². The maximum Gasteiger partial charge on any atom is 0.239 e. The minimum absolute atomic E-state index is 0.150. The SMILES string of the molecule is CC(=O)C(=O)C1C(=O)CNC1=O. The van der Waals surface area contributed by atoms with Gasteiger partial charge in [0.05, 0.1) is 6.54 Å². The lowest BCUT2D eigenvalue weighted by Crippen LogP contribution is -2.31. The molecule has 0 aliphatic carbocycles. The molecule has 5 nitrogen and oxygen atoms in total. The number of hydrogen-bond acceptors (Lipinski definition) is 4. The van der Waals surface area contributed by atoms with E-state index in [0.29, 0.717) is 0 Å². The summed E-state index contributed by atoms with van der Waals surface area (Å²) in [6.07, 6.45) is 0. The summed E-state index contributed by atoms with van der Waals surface area (Å²) in [4.78, 5) is 43.2. The Morgan fingerprint density at radius 2 is 2.00 bits per heavy atom. The zero-order chi connectivity index (χ0) is 9.30. The molecule has 1 saturated heterocycles. The standard InChI is InChI=1S/C7H7NO4/c1-3(9)6(11)5-4(10)2-8-7(5)12/h5H,2H2,1H3,(H,8,12). The molecular weight excluding hydrogens is 162 g/mol. The van der Waals surface area contributed by atoms with Gasteiger partial charge in [0.25, 0.3) is 0 Å². The number of rotatable bonds is 2. The van der Waals surface area contributed by atoms with Gasteiger partial charge in [-0.2, -0.15) is 0 Å². The smallest absolute Gasteiger partial charge is 0.239 e. The maximum atomic E-state index is 10.9. The zero-order valence-electron chi connectivity index (χ0n) is 6.42. The summed E-state index contributed by atoms with van der Waals surface area (Å²) in [5.41, 5.74) is 0. The summed E-state index contributed by atoms with van der Waals surface area (Å²) in [5.74, 6) is -4.26. The molecule has 1 aliphatic rings. The Morgan fingerprint density at radius 3 is 2.33 bits per heavy atom. The van der Waals surface area contributed by atoms with Crippen molar-refractivity contribution in [2.75, 3.05) is 6.54 Å². The number of carbonyl (C=O) groups excluding carboxylic acids is 4. The van der Waals surface area contributed by atoms with Crippen LogP contribution in [0.25, 0.3) is 0 Å². The molecule has 5 heteroatoms. The highest BCUT2D eigenvalue weighted by atomic mass is 16.2. The van der Waals surface area contributed by atoms with Crippen molar-refractivity contribution in [3.8, 4) is 0 Å². The lowest BCUT2D eigenvalue weighted by atomic mass is 9.99. The Hall–Kier alpha value is -1.52. The topological polar surface area (TPSA) is 80.3 Å². The van der Waals surface area contributed by atoms with E-state index in [0.717, 1.165) is 6.92 Å². The highest BCUT2D eigenvalue weighted by Gasteiger charge is 2.40. The average Bonchev–Trinajstić information content (AvgIpc) is 2.30. The first-order valence-electron chi connectivity index (χ1n) is 3.39. The quantitative estimate of drug-likeness (QED) is 0.401. The van der Waals surface area contributed by atoms with Crippen LogP contribution in [0.1, 0.15) is 6.92 Å². The summed E-state index contributed by atoms with van der Waals surface area (Å²) in [7, 11) is 0. The van der Waals surface area contributed by atoms with Crippen LogP contribution in [0.4, 0.5) is 0 Å². The number of hydrogen-bond donors (Lipinski definition) is 1. The van der Waals surface area contributed by atoms with Crippen LogP contribution in [-0.2, 0) is 19.2 Å². The van der Waals surface area contributed by atoms with E-state index in [1.165, 1.54) is 0 Å². The minimum Gasteiger partial charge on any atom is -0.348 e. The minimum atomic E-state index is -1.39. The maximum absolute atomic E-state index is 10.9. The van der Waals surface area contributed by atoms with Gasteiger partial charge in [-0.05, 0) is 0 Å². The molecule has 0 saturated carbocycles. The molecule has 0 spiro atoms. The average molecular weight is 169 g/mol. The summed E-state index contributed by atoms with van der Waals surface area (Å²) in [6.45, 7) is 0.893. The molecule has 64 valence electrons. The van der Waals surface area contributed by atoms with Crippen LogP contribution in [0.2, 0.25) is 0 Å². The predicted molar refractivity (Wildman–Crippen MR) is 37.2 cm³/mol. The summed E-state index contributed by atoms with van der Waals surface area (Å²) in [6, 6.07) is 0. The first-order chi connectivity index (χ1) is 5.54. The second-order valence-electron chi connectivity index (χ2n) is 2.54. The summed E-state index contributed by atoms with van der Waals surface area (Å²) in [5, 5.41) is 2.19. The lowest BCUT2D eigenvalue weighted by Gasteiger charge is -1.98. The number of amides is 1. The number of carbonyl (C=O) groups is 4. The first kappa shape index (κ1) is 8.58. The van der Waals surface area contributed by atoms with Crippen molar-refractivity contribution in [2.24, 2.45) is 5.92 Å². The van der Waals surface area contributed by atoms with E-state index in [9.17, 15) is 19.2 Å². The molecule has 1 heterocycles.